The average Bonchev–Trinajstić information content (AvgIpc) is 2.36. The minimum atomic E-state index is 0.624. The number of nitrogens with two attached hydrogens (primary N) is 1. The van der Waals surface area contributed by atoms with Gasteiger partial charge in [0.2, 0.25) is 0 Å². The molecule has 2 heteroatoms. The summed E-state index contributed by atoms with van der Waals surface area (Å²) in [4.78, 5) is 0. The Morgan fingerprint density at radius 2 is 2.45 bits per heavy atom. The average molecular weight is 151 g/mol. The Kier molecular flexibility index (Phi) is 2.49. The van der Waals surface area contributed by atoms with Gasteiger partial charge in [0.1, 0.15) is 5.76 Å². The van der Waals surface area contributed by atoms with Crippen LogP contribution >= 0.6 is 0 Å². The summed E-state index contributed by atoms with van der Waals surface area (Å²) in [7, 11) is 0. The van der Waals surface area contributed by atoms with Gasteiger partial charge in [-0.25, -0.2) is 0 Å². The lowest BCUT2D eigenvalue weighted by molar-refractivity contribution is 0.548. The molecule has 0 fully saturated rings. The summed E-state index contributed by atoms with van der Waals surface area (Å²) in [6, 6.07) is 1.93. The van der Waals surface area contributed by atoms with Crippen molar-refractivity contribution in [2.45, 2.75) is 13.3 Å². The van der Waals surface area contributed by atoms with Gasteiger partial charge in [-0.05, 0) is 37.1 Å². The third kappa shape index (κ3) is 1.71. The molecule has 0 saturated heterocycles. The summed E-state index contributed by atoms with van der Waals surface area (Å²) >= 11 is 0. The largest absolute Gasteiger partial charge is 0.464 e. The summed E-state index contributed by atoms with van der Waals surface area (Å²) in [5.41, 5.74) is 7.49. The molecule has 1 aromatic heterocycles. The molecule has 0 radical (unpaired) electrons. The Balaban J connectivity index is 2.76. The van der Waals surface area contributed by atoms with Crippen LogP contribution in [0.1, 0.15) is 17.7 Å². The Bertz CT molecular complexity index is 250. The molecular formula is C9H13NO. The van der Waals surface area contributed by atoms with Crippen LogP contribution in [0.4, 0.5) is 0 Å². The predicted octanol–water partition coefficient (Wildman–Crippen LogP) is 1.95. The van der Waals surface area contributed by atoms with E-state index in [0.717, 1.165) is 23.3 Å². The van der Waals surface area contributed by atoms with Crippen LogP contribution in [0.2, 0.25) is 0 Å². The van der Waals surface area contributed by atoms with E-state index in [1.165, 1.54) is 0 Å². The van der Waals surface area contributed by atoms with E-state index in [2.05, 4.69) is 6.58 Å². The van der Waals surface area contributed by atoms with E-state index in [0.29, 0.717) is 6.54 Å². The van der Waals surface area contributed by atoms with Gasteiger partial charge in [-0.15, -0.1) is 0 Å². The zero-order valence-electron chi connectivity index (χ0n) is 6.76. The van der Waals surface area contributed by atoms with E-state index in [9.17, 15) is 0 Å². The highest BCUT2D eigenvalue weighted by Crippen LogP contribution is 2.19. The first-order valence-corrected chi connectivity index (χ1v) is 3.68. The molecule has 60 valence electrons. The minimum absolute atomic E-state index is 0.624. The minimum Gasteiger partial charge on any atom is -0.464 e. The van der Waals surface area contributed by atoms with Gasteiger partial charge in [0.25, 0.3) is 0 Å². The smallest absolute Gasteiger partial charge is 0.132 e. The molecule has 2 N–H and O–H groups in total. The van der Waals surface area contributed by atoms with Gasteiger partial charge in [-0.1, -0.05) is 6.58 Å². The number of furan rings is 1. The monoisotopic (exact) mass is 151 g/mol. The van der Waals surface area contributed by atoms with Crippen molar-refractivity contribution >= 4 is 5.57 Å². The fourth-order valence-electron chi connectivity index (χ4n) is 1.02. The van der Waals surface area contributed by atoms with Crippen molar-refractivity contribution in [1.82, 2.24) is 0 Å². The molecule has 1 aromatic rings. The van der Waals surface area contributed by atoms with Crippen LogP contribution in [-0.4, -0.2) is 6.54 Å². The first-order chi connectivity index (χ1) is 5.25. The fourth-order valence-corrected chi connectivity index (χ4v) is 1.02. The van der Waals surface area contributed by atoms with Gasteiger partial charge in [0.15, 0.2) is 0 Å². The van der Waals surface area contributed by atoms with Crippen LogP contribution in [0.15, 0.2) is 23.3 Å². The molecule has 0 unspecified atom stereocenters. The molecule has 0 amide bonds. The third-order valence-electron chi connectivity index (χ3n) is 1.63. The molecule has 0 aromatic carbocycles. The number of hydrogen-bond acceptors (Lipinski definition) is 2. The highest BCUT2D eigenvalue weighted by molar-refractivity contribution is 5.61. The lowest BCUT2D eigenvalue weighted by Crippen LogP contribution is -1.99. The maximum Gasteiger partial charge on any atom is 0.132 e. The molecular weight excluding hydrogens is 138 g/mol. The number of hydrogen-bond donors (Lipinski definition) is 1. The van der Waals surface area contributed by atoms with Crippen LogP contribution in [0.25, 0.3) is 5.57 Å². The second kappa shape index (κ2) is 3.39. The lowest BCUT2D eigenvalue weighted by Gasteiger charge is -1.99. The van der Waals surface area contributed by atoms with Crippen LogP contribution in [0.5, 0.6) is 0 Å². The maximum atomic E-state index is 5.38. The van der Waals surface area contributed by atoms with Crippen molar-refractivity contribution in [2.24, 2.45) is 5.73 Å². The van der Waals surface area contributed by atoms with Gasteiger partial charge >= 0.3 is 0 Å². The van der Waals surface area contributed by atoms with E-state index in [1.54, 1.807) is 6.26 Å². The van der Waals surface area contributed by atoms with Crippen molar-refractivity contribution in [1.29, 1.82) is 0 Å². The second-order valence-corrected chi connectivity index (χ2v) is 2.57. The van der Waals surface area contributed by atoms with Crippen LogP contribution in [0, 0.1) is 6.92 Å². The summed E-state index contributed by atoms with van der Waals surface area (Å²) in [5.74, 6) is 0.885. The van der Waals surface area contributed by atoms with Gasteiger partial charge in [0, 0.05) is 0 Å². The molecule has 0 saturated carbocycles. The molecule has 1 heterocycles. The summed E-state index contributed by atoms with van der Waals surface area (Å²) in [6.45, 7) is 6.50. The van der Waals surface area contributed by atoms with Crippen molar-refractivity contribution in [3.05, 3.63) is 30.2 Å². The second-order valence-electron chi connectivity index (χ2n) is 2.57. The SMILES string of the molecule is C=C(CCN)c1occc1C. The van der Waals surface area contributed by atoms with E-state index >= 15 is 0 Å². The lowest BCUT2D eigenvalue weighted by atomic mass is 10.1. The fraction of sp³-hybridized carbons (Fsp3) is 0.333. The third-order valence-corrected chi connectivity index (χ3v) is 1.63. The highest BCUT2D eigenvalue weighted by atomic mass is 16.3. The maximum absolute atomic E-state index is 5.38. The van der Waals surface area contributed by atoms with Gasteiger partial charge in [-0.2, -0.15) is 0 Å². The van der Waals surface area contributed by atoms with Crippen LogP contribution in [-0.2, 0) is 0 Å². The normalized spacial score (nSPS) is 10.0. The van der Waals surface area contributed by atoms with Gasteiger partial charge in [0.05, 0.1) is 6.26 Å². The summed E-state index contributed by atoms with van der Waals surface area (Å²) in [5, 5.41) is 0. The topological polar surface area (TPSA) is 39.2 Å². The molecule has 0 atom stereocenters. The molecule has 0 spiro atoms. The zero-order valence-corrected chi connectivity index (χ0v) is 6.76. The van der Waals surface area contributed by atoms with Gasteiger partial charge < -0.3 is 10.2 Å². The van der Waals surface area contributed by atoms with Crippen molar-refractivity contribution in [3.63, 3.8) is 0 Å². The number of aryl methyl sites for hydroxylation is 1. The quantitative estimate of drug-likeness (QED) is 0.717. The number of rotatable bonds is 3. The first kappa shape index (κ1) is 8.08. The van der Waals surface area contributed by atoms with E-state index < -0.39 is 0 Å². The molecule has 1 rings (SSSR count). The molecule has 0 bridgehead atoms. The summed E-state index contributed by atoms with van der Waals surface area (Å²) < 4.78 is 5.22. The van der Waals surface area contributed by atoms with Crippen LogP contribution in [0.3, 0.4) is 0 Å². The van der Waals surface area contributed by atoms with Crippen molar-refractivity contribution in [3.8, 4) is 0 Å². The Morgan fingerprint density at radius 3 is 2.91 bits per heavy atom. The highest BCUT2D eigenvalue weighted by Gasteiger charge is 2.04. The predicted molar refractivity (Wildman–Crippen MR) is 46.2 cm³/mol. The standard InChI is InChI=1S/C9H13NO/c1-7(3-5-10)9-8(2)4-6-11-9/h4,6H,1,3,5,10H2,2H3. The molecule has 2 nitrogen and oxygen atoms in total. The Labute approximate surface area is 66.7 Å². The van der Waals surface area contributed by atoms with Crippen molar-refractivity contribution < 1.29 is 4.42 Å². The van der Waals surface area contributed by atoms with E-state index in [1.807, 2.05) is 13.0 Å². The Morgan fingerprint density at radius 1 is 1.73 bits per heavy atom. The van der Waals surface area contributed by atoms with Crippen LogP contribution < -0.4 is 5.73 Å². The first-order valence-electron chi connectivity index (χ1n) is 3.68. The molecule has 0 aliphatic rings. The Hall–Kier alpha value is -1.02. The van der Waals surface area contributed by atoms with E-state index in [4.69, 9.17) is 10.2 Å². The van der Waals surface area contributed by atoms with Crippen molar-refractivity contribution in [2.75, 3.05) is 6.54 Å². The van der Waals surface area contributed by atoms with Gasteiger partial charge in [-0.3, -0.25) is 0 Å². The molecule has 0 aliphatic carbocycles. The summed E-state index contributed by atoms with van der Waals surface area (Å²) in [6.07, 6.45) is 2.47. The molecule has 0 aliphatic heterocycles. The zero-order chi connectivity index (χ0) is 8.27. The van der Waals surface area contributed by atoms with E-state index in [-0.39, 0.29) is 0 Å². The molecule has 11 heavy (non-hydrogen) atoms.